The van der Waals surface area contributed by atoms with Crippen molar-refractivity contribution in [3.05, 3.63) is 35.6 Å². The number of nitrogens with zero attached hydrogens (tertiary/aromatic N) is 1. The standard InChI is InChI=1S/C13H19FN2O/c1-10(12-4-6-13(14)7-5-12)16(3)9-8-15-11(2)17/h4-7,10H,8-9H2,1-3H3,(H,15,17). The molecule has 1 aromatic rings. The van der Waals surface area contributed by atoms with Crippen molar-refractivity contribution in [1.29, 1.82) is 0 Å². The Labute approximate surface area is 102 Å². The zero-order valence-electron chi connectivity index (χ0n) is 10.5. The van der Waals surface area contributed by atoms with Gasteiger partial charge in [-0.05, 0) is 31.7 Å². The summed E-state index contributed by atoms with van der Waals surface area (Å²) >= 11 is 0. The van der Waals surface area contributed by atoms with Crippen LogP contribution in [0.5, 0.6) is 0 Å². The van der Waals surface area contributed by atoms with E-state index >= 15 is 0 Å². The molecule has 0 radical (unpaired) electrons. The van der Waals surface area contributed by atoms with Gasteiger partial charge in [0.15, 0.2) is 0 Å². The molecule has 0 saturated heterocycles. The molecule has 1 unspecified atom stereocenters. The lowest BCUT2D eigenvalue weighted by atomic mass is 10.1. The van der Waals surface area contributed by atoms with E-state index in [9.17, 15) is 9.18 Å². The highest BCUT2D eigenvalue weighted by atomic mass is 19.1. The Bertz CT molecular complexity index is 364. The van der Waals surface area contributed by atoms with Gasteiger partial charge in [-0.15, -0.1) is 0 Å². The highest BCUT2D eigenvalue weighted by molar-refractivity contribution is 5.72. The summed E-state index contributed by atoms with van der Waals surface area (Å²) in [5.74, 6) is -0.241. The van der Waals surface area contributed by atoms with Gasteiger partial charge in [-0.25, -0.2) is 4.39 Å². The minimum atomic E-state index is -0.221. The fourth-order valence-corrected chi connectivity index (χ4v) is 1.60. The minimum absolute atomic E-state index is 0.0205. The number of amides is 1. The van der Waals surface area contributed by atoms with E-state index < -0.39 is 0 Å². The monoisotopic (exact) mass is 238 g/mol. The normalized spacial score (nSPS) is 12.5. The van der Waals surface area contributed by atoms with E-state index in [2.05, 4.69) is 17.1 Å². The van der Waals surface area contributed by atoms with Gasteiger partial charge in [0, 0.05) is 26.1 Å². The molecule has 4 heteroatoms. The van der Waals surface area contributed by atoms with E-state index in [-0.39, 0.29) is 17.8 Å². The lowest BCUT2D eigenvalue weighted by molar-refractivity contribution is -0.119. The third-order valence-electron chi connectivity index (χ3n) is 2.85. The lowest BCUT2D eigenvalue weighted by Gasteiger charge is -2.25. The van der Waals surface area contributed by atoms with Crippen LogP contribution in [-0.4, -0.2) is 30.9 Å². The fraction of sp³-hybridized carbons (Fsp3) is 0.462. The Hall–Kier alpha value is -1.42. The molecule has 0 aliphatic carbocycles. The Morgan fingerprint density at radius 2 is 2.00 bits per heavy atom. The van der Waals surface area contributed by atoms with Crippen molar-refractivity contribution in [1.82, 2.24) is 10.2 Å². The van der Waals surface area contributed by atoms with Crippen LogP contribution < -0.4 is 5.32 Å². The van der Waals surface area contributed by atoms with E-state index in [0.717, 1.165) is 12.1 Å². The maximum atomic E-state index is 12.8. The highest BCUT2D eigenvalue weighted by Gasteiger charge is 2.11. The molecule has 0 aliphatic rings. The van der Waals surface area contributed by atoms with Crippen molar-refractivity contribution in [3.63, 3.8) is 0 Å². The second kappa shape index (κ2) is 6.35. The van der Waals surface area contributed by atoms with Crippen LogP contribution in [0, 0.1) is 5.82 Å². The highest BCUT2D eigenvalue weighted by Crippen LogP contribution is 2.18. The predicted molar refractivity (Wildman–Crippen MR) is 66.1 cm³/mol. The first-order valence-corrected chi connectivity index (χ1v) is 5.71. The summed E-state index contributed by atoms with van der Waals surface area (Å²) in [4.78, 5) is 12.8. The number of hydrogen-bond acceptors (Lipinski definition) is 2. The van der Waals surface area contributed by atoms with E-state index in [1.54, 1.807) is 12.1 Å². The third kappa shape index (κ3) is 4.53. The average molecular weight is 238 g/mol. The third-order valence-corrected chi connectivity index (χ3v) is 2.85. The van der Waals surface area contributed by atoms with Gasteiger partial charge in [-0.3, -0.25) is 9.69 Å². The summed E-state index contributed by atoms with van der Waals surface area (Å²) in [6, 6.07) is 6.70. The lowest BCUT2D eigenvalue weighted by Crippen LogP contribution is -2.33. The molecule has 0 spiro atoms. The molecular formula is C13H19FN2O. The van der Waals surface area contributed by atoms with Crippen LogP contribution in [0.15, 0.2) is 24.3 Å². The van der Waals surface area contributed by atoms with Crippen molar-refractivity contribution in [3.8, 4) is 0 Å². The van der Waals surface area contributed by atoms with E-state index in [1.165, 1.54) is 19.1 Å². The zero-order valence-corrected chi connectivity index (χ0v) is 10.5. The largest absolute Gasteiger partial charge is 0.355 e. The quantitative estimate of drug-likeness (QED) is 0.850. The molecule has 17 heavy (non-hydrogen) atoms. The van der Waals surface area contributed by atoms with Crippen molar-refractivity contribution >= 4 is 5.91 Å². The molecule has 0 saturated carbocycles. The van der Waals surface area contributed by atoms with Crippen LogP contribution in [-0.2, 0) is 4.79 Å². The molecule has 1 amide bonds. The molecule has 0 aliphatic heterocycles. The first kappa shape index (κ1) is 13.6. The molecule has 1 aromatic carbocycles. The van der Waals surface area contributed by atoms with E-state index in [1.807, 2.05) is 7.05 Å². The molecule has 0 heterocycles. The number of rotatable bonds is 5. The molecular weight excluding hydrogens is 219 g/mol. The Morgan fingerprint density at radius 3 is 2.53 bits per heavy atom. The number of nitrogens with one attached hydrogen (secondary N) is 1. The first-order valence-electron chi connectivity index (χ1n) is 5.71. The number of carbonyl (C=O) groups excluding carboxylic acids is 1. The molecule has 94 valence electrons. The van der Waals surface area contributed by atoms with Crippen LogP contribution in [0.25, 0.3) is 0 Å². The molecule has 0 bridgehead atoms. The van der Waals surface area contributed by atoms with Gasteiger partial charge in [0.25, 0.3) is 0 Å². The molecule has 1 atom stereocenters. The molecule has 3 nitrogen and oxygen atoms in total. The summed E-state index contributed by atoms with van der Waals surface area (Å²) < 4.78 is 12.8. The van der Waals surface area contributed by atoms with Crippen LogP contribution >= 0.6 is 0 Å². The van der Waals surface area contributed by atoms with Crippen LogP contribution in [0.4, 0.5) is 4.39 Å². The number of carbonyl (C=O) groups is 1. The van der Waals surface area contributed by atoms with Gasteiger partial charge in [0.1, 0.15) is 5.82 Å². The summed E-state index contributed by atoms with van der Waals surface area (Å²) in [6.07, 6.45) is 0. The van der Waals surface area contributed by atoms with Gasteiger partial charge >= 0.3 is 0 Å². The smallest absolute Gasteiger partial charge is 0.216 e. The van der Waals surface area contributed by atoms with Gasteiger partial charge in [-0.1, -0.05) is 12.1 Å². The van der Waals surface area contributed by atoms with Gasteiger partial charge < -0.3 is 5.32 Å². The van der Waals surface area contributed by atoms with Crippen molar-refractivity contribution < 1.29 is 9.18 Å². The Kier molecular flexibility index (Phi) is 5.10. The summed E-state index contributed by atoms with van der Waals surface area (Å²) in [5.41, 5.74) is 1.07. The fourth-order valence-electron chi connectivity index (χ4n) is 1.60. The van der Waals surface area contributed by atoms with Gasteiger partial charge in [0.2, 0.25) is 5.91 Å². The predicted octanol–water partition coefficient (Wildman–Crippen LogP) is 1.95. The topological polar surface area (TPSA) is 32.3 Å². The van der Waals surface area contributed by atoms with E-state index in [0.29, 0.717) is 6.54 Å². The maximum Gasteiger partial charge on any atom is 0.216 e. The summed E-state index contributed by atoms with van der Waals surface area (Å²) in [6.45, 7) is 4.94. The van der Waals surface area contributed by atoms with E-state index in [4.69, 9.17) is 0 Å². The van der Waals surface area contributed by atoms with Crippen molar-refractivity contribution in [2.45, 2.75) is 19.9 Å². The average Bonchev–Trinajstić information content (AvgIpc) is 2.28. The Morgan fingerprint density at radius 1 is 1.41 bits per heavy atom. The van der Waals surface area contributed by atoms with Crippen LogP contribution in [0.1, 0.15) is 25.5 Å². The minimum Gasteiger partial charge on any atom is -0.355 e. The SMILES string of the molecule is CC(=O)NCCN(C)C(C)c1ccc(F)cc1. The Balaban J connectivity index is 2.48. The molecule has 0 aromatic heterocycles. The maximum absolute atomic E-state index is 12.8. The number of halogens is 1. The number of likely N-dealkylation sites (N-methyl/N-ethyl adjacent to an activating group) is 1. The van der Waals surface area contributed by atoms with Crippen LogP contribution in [0.2, 0.25) is 0 Å². The van der Waals surface area contributed by atoms with Crippen molar-refractivity contribution in [2.75, 3.05) is 20.1 Å². The molecule has 0 fully saturated rings. The van der Waals surface area contributed by atoms with Gasteiger partial charge in [0.05, 0.1) is 0 Å². The second-order valence-electron chi connectivity index (χ2n) is 4.19. The van der Waals surface area contributed by atoms with Crippen molar-refractivity contribution in [2.24, 2.45) is 0 Å². The zero-order chi connectivity index (χ0) is 12.8. The van der Waals surface area contributed by atoms with Crippen LogP contribution in [0.3, 0.4) is 0 Å². The summed E-state index contributed by atoms with van der Waals surface area (Å²) in [7, 11) is 1.98. The second-order valence-corrected chi connectivity index (χ2v) is 4.19. The number of hydrogen-bond donors (Lipinski definition) is 1. The molecule has 1 N–H and O–H groups in total. The summed E-state index contributed by atoms with van der Waals surface area (Å²) in [5, 5.41) is 2.75. The molecule has 1 rings (SSSR count). The first-order chi connectivity index (χ1) is 8.00. The van der Waals surface area contributed by atoms with Gasteiger partial charge in [-0.2, -0.15) is 0 Å². The number of benzene rings is 1.